The number of anilines is 1. The highest BCUT2D eigenvalue weighted by atomic mass is 35.5. The number of halogens is 1. The Morgan fingerprint density at radius 3 is 2.74 bits per heavy atom. The first-order valence-corrected chi connectivity index (χ1v) is 9.12. The van der Waals surface area contributed by atoms with Gasteiger partial charge in [-0.05, 0) is 36.8 Å². The van der Waals surface area contributed by atoms with Crippen molar-refractivity contribution in [2.45, 2.75) is 19.7 Å². The van der Waals surface area contributed by atoms with Crippen LogP contribution in [0.5, 0.6) is 0 Å². The van der Waals surface area contributed by atoms with Crippen molar-refractivity contribution in [3.8, 4) is 11.1 Å². The summed E-state index contributed by atoms with van der Waals surface area (Å²) < 4.78 is 7.34. The highest BCUT2D eigenvalue weighted by Crippen LogP contribution is 2.41. The SMILES string of the molecule is Cc1cc(N2CCn3c(c(-c4ccc(Cl)cc4)c4ncccc43)C2O)no1. The molecule has 0 amide bonds. The van der Waals surface area contributed by atoms with E-state index in [9.17, 15) is 5.11 Å². The van der Waals surface area contributed by atoms with Gasteiger partial charge in [0.15, 0.2) is 12.0 Å². The van der Waals surface area contributed by atoms with E-state index in [4.69, 9.17) is 16.1 Å². The summed E-state index contributed by atoms with van der Waals surface area (Å²) in [6, 6.07) is 13.4. The molecule has 0 saturated heterocycles. The molecule has 1 aliphatic rings. The summed E-state index contributed by atoms with van der Waals surface area (Å²) >= 11 is 6.07. The Balaban J connectivity index is 1.74. The first-order chi connectivity index (χ1) is 13.1. The van der Waals surface area contributed by atoms with Crippen LogP contribution in [0.25, 0.3) is 22.2 Å². The number of nitrogens with zero attached hydrogens (tertiary/aromatic N) is 4. The Kier molecular flexibility index (Phi) is 3.70. The lowest BCUT2D eigenvalue weighted by Gasteiger charge is -2.34. The van der Waals surface area contributed by atoms with Crippen LogP contribution in [-0.2, 0) is 6.54 Å². The van der Waals surface area contributed by atoms with E-state index in [1.54, 1.807) is 6.20 Å². The average molecular weight is 381 g/mol. The summed E-state index contributed by atoms with van der Waals surface area (Å²) in [6.07, 6.45) is 0.918. The second-order valence-corrected chi connectivity index (χ2v) is 7.09. The molecule has 0 aliphatic carbocycles. The van der Waals surface area contributed by atoms with Crippen LogP contribution in [0.15, 0.2) is 53.2 Å². The molecule has 4 heterocycles. The van der Waals surface area contributed by atoms with Gasteiger partial charge in [-0.1, -0.05) is 28.9 Å². The van der Waals surface area contributed by atoms with Gasteiger partial charge in [-0.15, -0.1) is 0 Å². The van der Waals surface area contributed by atoms with Crippen LogP contribution in [0.3, 0.4) is 0 Å². The average Bonchev–Trinajstić information content (AvgIpc) is 3.25. The molecule has 7 heteroatoms. The van der Waals surface area contributed by atoms with E-state index in [0.717, 1.165) is 27.9 Å². The Hall–Kier alpha value is -2.83. The van der Waals surface area contributed by atoms with Gasteiger partial charge in [0.1, 0.15) is 5.76 Å². The molecule has 0 spiro atoms. The van der Waals surface area contributed by atoms with Crippen molar-refractivity contribution in [1.82, 2.24) is 14.7 Å². The summed E-state index contributed by atoms with van der Waals surface area (Å²) in [5.41, 5.74) is 4.56. The topological polar surface area (TPSA) is 67.3 Å². The predicted octanol–water partition coefficient (Wildman–Crippen LogP) is 4.16. The van der Waals surface area contributed by atoms with Gasteiger partial charge in [-0.25, -0.2) is 0 Å². The zero-order valence-corrected chi connectivity index (χ0v) is 15.4. The largest absolute Gasteiger partial charge is 0.368 e. The third kappa shape index (κ3) is 2.52. The van der Waals surface area contributed by atoms with Gasteiger partial charge < -0.3 is 19.1 Å². The van der Waals surface area contributed by atoms with E-state index < -0.39 is 6.23 Å². The van der Waals surface area contributed by atoms with Crippen molar-refractivity contribution in [1.29, 1.82) is 0 Å². The van der Waals surface area contributed by atoms with Crippen molar-refractivity contribution in [2.75, 3.05) is 11.4 Å². The lowest BCUT2D eigenvalue weighted by Crippen LogP contribution is -2.38. The van der Waals surface area contributed by atoms with Gasteiger partial charge in [-0.2, -0.15) is 0 Å². The highest BCUT2D eigenvalue weighted by Gasteiger charge is 2.33. The zero-order chi connectivity index (χ0) is 18.5. The Morgan fingerprint density at radius 2 is 2.00 bits per heavy atom. The van der Waals surface area contributed by atoms with Crippen molar-refractivity contribution in [3.05, 3.63) is 65.1 Å². The maximum absolute atomic E-state index is 11.3. The molecule has 0 radical (unpaired) electrons. The fourth-order valence-corrected chi connectivity index (χ4v) is 3.94. The molecule has 1 unspecified atom stereocenters. The molecule has 1 aromatic carbocycles. The second-order valence-electron chi connectivity index (χ2n) is 6.65. The van der Waals surface area contributed by atoms with Crippen molar-refractivity contribution in [3.63, 3.8) is 0 Å². The Morgan fingerprint density at radius 1 is 1.19 bits per heavy atom. The number of benzene rings is 1. The van der Waals surface area contributed by atoms with E-state index in [0.29, 0.717) is 29.7 Å². The third-order valence-electron chi connectivity index (χ3n) is 5.01. The summed E-state index contributed by atoms with van der Waals surface area (Å²) in [5, 5.41) is 16.0. The number of fused-ring (bicyclic) bond motifs is 3. The monoisotopic (exact) mass is 380 g/mol. The van der Waals surface area contributed by atoms with Crippen LogP contribution < -0.4 is 4.90 Å². The number of hydrogen-bond donors (Lipinski definition) is 1. The number of hydrogen-bond acceptors (Lipinski definition) is 5. The second kappa shape index (κ2) is 6.11. The maximum atomic E-state index is 11.3. The number of aryl methyl sites for hydroxylation is 1. The van der Waals surface area contributed by atoms with E-state index in [-0.39, 0.29) is 0 Å². The lowest BCUT2D eigenvalue weighted by molar-refractivity contribution is 0.148. The van der Waals surface area contributed by atoms with Crippen LogP contribution in [0.1, 0.15) is 17.7 Å². The number of aliphatic hydroxyl groups is 1. The molecule has 4 aromatic rings. The van der Waals surface area contributed by atoms with Gasteiger partial charge in [-0.3, -0.25) is 4.98 Å². The standard InChI is InChI=1S/C20H17ClN4O2/c1-12-11-16(23-27-12)25-10-9-24-15-3-2-8-22-18(15)17(19(24)20(25)26)13-4-6-14(21)7-5-13/h2-8,11,20,26H,9-10H2,1H3. The summed E-state index contributed by atoms with van der Waals surface area (Å²) in [4.78, 5) is 6.46. The number of aromatic nitrogens is 3. The van der Waals surface area contributed by atoms with Gasteiger partial charge in [0.2, 0.25) is 0 Å². The predicted molar refractivity (Wildman–Crippen MR) is 104 cm³/mol. The first-order valence-electron chi connectivity index (χ1n) is 8.74. The highest BCUT2D eigenvalue weighted by molar-refractivity contribution is 6.30. The molecular formula is C20H17ClN4O2. The van der Waals surface area contributed by atoms with Crippen LogP contribution in [-0.4, -0.2) is 26.4 Å². The number of aliphatic hydroxyl groups excluding tert-OH is 1. The normalized spacial score (nSPS) is 16.7. The van der Waals surface area contributed by atoms with Crippen molar-refractivity contribution in [2.24, 2.45) is 0 Å². The fourth-order valence-electron chi connectivity index (χ4n) is 3.81. The van der Waals surface area contributed by atoms with E-state index in [1.165, 1.54) is 0 Å². The van der Waals surface area contributed by atoms with E-state index in [1.807, 2.05) is 54.3 Å². The number of rotatable bonds is 2. The Bertz CT molecular complexity index is 1130. The van der Waals surface area contributed by atoms with Gasteiger partial charge >= 0.3 is 0 Å². The Labute approximate surface area is 160 Å². The molecule has 0 fully saturated rings. The summed E-state index contributed by atoms with van der Waals surface area (Å²) in [6.45, 7) is 3.18. The molecule has 27 heavy (non-hydrogen) atoms. The molecule has 6 nitrogen and oxygen atoms in total. The quantitative estimate of drug-likeness (QED) is 0.565. The molecule has 3 aromatic heterocycles. The van der Waals surface area contributed by atoms with Gasteiger partial charge in [0.05, 0.1) is 16.7 Å². The molecule has 0 saturated carbocycles. The van der Waals surface area contributed by atoms with Crippen LogP contribution >= 0.6 is 11.6 Å². The molecular weight excluding hydrogens is 364 g/mol. The molecule has 1 aliphatic heterocycles. The van der Waals surface area contributed by atoms with Gasteiger partial charge in [0.25, 0.3) is 0 Å². The van der Waals surface area contributed by atoms with Gasteiger partial charge in [0, 0.05) is 35.9 Å². The minimum atomic E-state index is -0.858. The van der Waals surface area contributed by atoms with Crippen molar-refractivity contribution < 1.29 is 9.63 Å². The van der Waals surface area contributed by atoms with E-state index in [2.05, 4.69) is 14.7 Å². The van der Waals surface area contributed by atoms with E-state index >= 15 is 0 Å². The molecule has 1 N–H and O–H groups in total. The molecule has 5 rings (SSSR count). The minimum absolute atomic E-state index is 0.624. The van der Waals surface area contributed by atoms with Crippen LogP contribution in [0.4, 0.5) is 5.82 Å². The fraction of sp³-hybridized carbons (Fsp3) is 0.200. The molecule has 1 atom stereocenters. The van der Waals surface area contributed by atoms with Crippen LogP contribution in [0, 0.1) is 6.92 Å². The smallest absolute Gasteiger partial charge is 0.174 e. The van der Waals surface area contributed by atoms with Crippen LogP contribution in [0.2, 0.25) is 5.02 Å². The molecule has 136 valence electrons. The minimum Gasteiger partial charge on any atom is -0.368 e. The summed E-state index contributed by atoms with van der Waals surface area (Å²) in [7, 11) is 0. The third-order valence-corrected chi connectivity index (χ3v) is 5.26. The van der Waals surface area contributed by atoms with Crippen molar-refractivity contribution >= 4 is 28.5 Å². The zero-order valence-electron chi connectivity index (χ0n) is 14.6. The molecule has 0 bridgehead atoms. The maximum Gasteiger partial charge on any atom is 0.174 e. The number of pyridine rings is 1. The summed E-state index contributed by atoms with van der Waals surface area (Å²) in [5.74, 6) is 1.34. The lowest BCUT2D eigenvalue weighted by atomic mass is 10.0. The first kappa shape index (κ1) is 16.4.